The van der Waals surface area contributed by atoms with E-state index < -0.39 is 15.9 Å². The molecule has 0 bridgehead atoms. The summed E-state index contributed by atoms with van der Waals surface area (Å²) < 4.78 is 29.3. The van der Waals surface area contributed by atoms with Crippen LogP contribution in [0.3, 0.4) is 0 Å². The summed E-state index contributed by atoms with van der Waals surface area (Å²) in [6.45, 7) is 3.25. The number of hydrogen-bond donors (Lipinski definition) is 2. The number of sulfonamides is 1. The summed E-state index contributed by atoms with van der Waals surface area (Å²) in [5, 5.41) is 3.07. The van der Waals surface area contributed by atoms with Crippen LogP contribution in [0.15, 0.2) is 0 Å². The molecule has 1 fully saturated rings. The molecule has 0 radical (unpaired) electrons. The fourth-order valence-corrected chi connectivity index (χ4v) is 1.84. The van der Waals surface area contributed by atoms with E-state index in [1.807, 2.05) is 4.72 Å². The first-order valence-corrected chi connectivity index (χ1v) is 6.53. The molecule has 2 N–H and O–H groups in total. The predicted molar refractivity (Wildman–Crippen MR) is 54.8 cm³/mol. The van der Waals surface area contributed by atoms with Gasteiger partial charge in [0.2, 0.25) is 15.9 Å². The van der Waals surface area contributed by atoms with Gasteiger partial charge in [-0.25, -0.2) is 8.42 Å². The topological polar surface area (TPSA) is 84.5 Å². The van der Waals surface area contributed by atoms with Crippen molar-refractivity contribution in [3.63, 3.8) is 0 Å². The van der Waals surface area contributed by atoms with Crippen molar-refractivity contribution in [1.82, 2.24) is 10.0 Å². The predicted octanol–water partition coefficient (Wildman–Crippen LogP) is -1.17. The van der Waals surface area contributed by atoms with Crippen LogP contribution >= 0.6 is 0 Å². The van der Waals surface area contributed by atoms with Crippen LogP contribution in [0.5, 0.6) is 0 Å². The maximum absolute atomic E-state index is 11.3. The summed E-state index contributed by atoms with van der Waals surface area (Å²) in [5.74, 6) is -0.576. The average molecular weight is 236 g/mol. The van der Waals surface area contributed by atoms with Crippen LogP contribution in [0, 0.1) is 0 Å². The van der Waals surface area contributed by atoms with Crippen molar-refractivity contribution in [2.45, 2.75) is 19.4 Å². The fourth-order valence-electron chi connectivity index (χ4n) is 1.26. The molecule has 1 rings (SSSR count). The molecule has 1 heterocycles. The van der Waals surface area contributed by atoms with Gasteiger partial charge in [0.25, 0.3) is 0 Å². The minimum atomic E-state index is -3.44. The number of carbonyl (C=O) groups is 1. The number of morpholine rings is 1. The Bertz CT molecular complexity index is 309. The Morgan fingerprint density at radius 1 is 1.60 bits per heavy atom. The largest absolute Gasteiger partial charge is 0.378 e. The molecule has 1 aliphatic rings. The van der Waals surface area contributed by atoms with Crippen LogP contribution in [0.4, 0.5) is 0 Å². The molecule has 1 atom stereocenters. The van der Waals surface area contributed by atoms with Crippen LogP contribution in [0.1, 0.15) is 13.3 Å². The number of amides is 1. The molecular weight excluding hydrogens is 220 g/mol. The van der Waals surface area contributed by atoms with E-state index in [-0.39, 0.29) is 18.2 Å². The average Bonchev–Trinajstić information content (AvgIpc) is 2.18. The first-order chi connectivity index (χ1) is 7.03. The molecule has 1 unspecified atom stereocenters. The standard InChI is InChI=1S/C8H16N2O4S/c1-2-15(12,13)10-8(11)5-7-6-14-4-3-9-7/h7,9H,2-6H2,1H3,(H,10,11). The van der Waals surface area contributed by atoms with E-state index >= 15 is 0 Å². The van der Waals surface area contributed by atoms with Gasteiger partial charge in [0.15, 0.2) is 0 Å². The smallest absolute Gasteiger partial charge is 0.235 e. The van der Waals surface area contributed by atoms with Crippen LogP contribution in [0.25, 0.3) is 0 Å². The minimum absolute atomic E-state index is 0.0899. The van der Waals surface area contributed by atoms with Crippen molar-refractivity contribution in [2.24, 2.45) is 0 Å². The summed E-state index contributed by atoms with van der Waals surface area (Å²) in [4.78, 5) is 11.3. The highest BCUT2D eigenvalue weighted by Crippen LogP contribution is 1.98. The van der Waals surface area contributed by atoms with E-state index in [0.29, 0.717) is 19.8 Å². The molecule has 0 aromatic rings. The van der Waals surface area contributed by atoms with Crippen LogP contribution < -0.4 is 10.0 Å². The Hall–Kier alpha value is -0.660. The SMILES string of the molecule is CCS(=O)(=O)NC(=O)CC1COCCN1. The Morgan fingerprint density at radius 2 is 2.33 bits per heavy atom. The van der Waals surface area contributed by atoms with Gasteiger partial charge >= 0.3 is 0 Å². The third-order valence-corrected chi connectivity index (χ3v) is 3.38. The van der Waals surface area contributed by atoms with Crippen LogP contribution in [-0.2, 0) is 19.6 Å². The van der Waals surface area contributed by atoms with E-state index in [9.17, 15) is 13.2 Å². The lowest BCUT2D eigenvalue weighted by molar-refractivity contribution is -0.120. The third-order valence-electron chi connectivity index (χ3n) is 2.08. The number of ether oxygens (including phenoxy) is 1. The number of nitrogens with one attached hydrogen (secondary N) is 2. The highest BCUT2D eigenvalue weighted by Gasteiger charge is 2.19. The zero-order chi connectivity index (χ0) is 11.3. The second kappa shape index (κ2) is 5.43. The van der Waals surface area contributed by atoms with E-state index in [2.05, 4.69) is 5.32 Å². The lowest BCUT2D eigenvalue weighted by Crippen LogP contribution is -2.45. The van der Waals surface area contributed by atoms with Crippen molar-refractivity contribution < 1.29 is 17.9 Å². The quantitative estimate of drug-likeness (QED) is 0.642. The lowest BCUT2D eigenvalue weighted by atomic mass is 10.2. The molecule has 0 aromatic heterocycles. The highest BCUT2D eigenvalue weighted by atomic mass is 32.2. The first-order valence-electron chi connectivity index (χ1n) is 4.88. The van der Waals surface area contributed by atoms with E-state index in [0.717, 1.165) is 0 Å². The van der Waals surface area contributed by atoms with Crippen molar-refractivity contribution in [2.75, 3.05) is 25.5 Å². The second-order valence-electron chi connectivity index (χ2n) is 3.36. The molecule has 0 spiro atoms. The van der Waals surface area contributed by atoms with Gasteiger partial charge in [0.05, 0.1) is 19.0 Å². The molecule has 6 nitrogen and oxygen atoms in total. The minimum Gasteiger partial charge on any atom is -0.378 e. The molecule has 88 valence electrons. The fraction of sp³-hybridized carbons (Fsp3) is 0.875. The Morgan fingerprint density at radius 3 is 2.87 bits per heavy atom. The molecule has 0 aliphatic carbocycles. The Balaban J connectivity index is 2.35. The van der Waals surface area contributed by atoms with E-state index in [1.165, 1.54) is 6.92 Å². The summed E-state index contributed by atoms with van der Waals surface area (Å²) in [6, 6.07) is -0.0918. The molecule has 15 heavy (non-hydrogen) atoms. The highest BCUT2D eigenvalue weighted by molar-refractivity contribution is 7.90. The first kappa shape index (κ1) is 12.4. The maximum atomic E-state index is 11.3. The van der Waals surface area contributed by atoms with Gasteiger partial charge in [0, 0.05) is 19.0 Å². The third kappa shape index (κ3) is 4.59. The summed E-state index contributed by atoms with van der Waals surface area (Å²) in [5.41, 5.74) is 0. The van der Waals surface area contributed by atoms with Gasteiger partial charge in [-0.15, -0.1) is 0 Å². The van der Waals surface area contributed by atoms with Gasteiger partial charge < -0.3 is 10.1 Å². The zero-order valence-electron chi connectivity index (χ0n) is 8.65. The summed E-state index contributed by atoms with van der Waals surface area (Å²) in [6.07, 6.45) is 0.124. The lowest BCUT2D eigenvalue weighted by Gasteiger charge is -2.23. The Kier molecular flexibility index (Phi) is 4.49. The van der Waals surface area contributed by atoms with E-state index in [4.69, 9.17) is 4.74 Å². The number of hydrogen-bond acceptors (Lipinski definition) is 5. The molecule has 7 heteroatoms. The second-order valence-corrected chi connectivity index (χ2v) is 5.37. The van der Waals surface area contributed by atoms with Gasteiger partial charge in [0.1, 0.15) is 0 Å². The molecular formula is C8H16N2O4S. The van der Waals surface area contributed by atoms with Crippen LogP contribution in [0.2, 0.25) is 0 Å². The molecule has 0 saturated carbocycles. The Labute approximate surface area is 89.4 Å². The van der Waals surface area contributed by atoms with E-state index in [1.54, 1.807) is 0 Å². The monoisotopic (exact) mass is 236 g/mol. The zero-order valence-corrected chi connectivity index (χ0v) is 9.47. The van der Waals surface area contributed by atoms with Gasteiger partial charge in [-0.1, -0.05) is 0 Å². The van der Waals surface area contributed by atoms with Crippen molar-refractivity contribution >= 4 is 15.9 Å². The number of carbonyl (C=O) groups excluding carboxylic acids is 1. The molecule has 1 aliphatic heterocycles. The molecule has 1 amide bonds. The van der Waals surface area contributed by atoms with Crippen molar-refractivity contribution in [3.05, 3.63) is 0 Å². The summed E-state index contributed by atoms with van der Waals surface area (Å²) >= 11 is 0. The maximum Gasteiger partial charge on any atom is 0.235 e. The number of rotatable bonds is 4. The van der Waals surface area contributed by atoms with Gasteiger partial charge in [-0.05, 0) is 6.92 Å². The normalized spacial score (nSPS) is 22.3. The van der Waals surface area contributed by atoms with Crippen molar-refractivity contribution in [1.29, 1.82) is 0 Å². The van der Waals surface area contributed by atoms with Crippen molar-refractivity contribution in [3.8, 4) is 0 Å². The summed E-state index contributed by atoms with van der Waals surface area (Å²) in [7, 11) is -3.44. The molecule has 1 saturated heterocycles. The van der Waals surface area contributed by atoms with Gasteiger partial charge in [-0.2, -0.15) is 0 Å². The van der Waals surface area contributed by atoms with Gasteiger partial charge in [-0.3, -0.25) is 9.52 Å². The molecule has 0 aromatic carbocycles. The van der Waals surface area contributed by atoms with Crippen LogP contribution in [-0.4, -0.2) is 45.9 Å².